The van der Waals surface area contributed by atoms with Gasteiger partial charge in [-0.25, -0.2) is 0 Å². The molecule has 1 aliphatic rings. The summed E-state index contributed by atoms with van der Waals surface area (Å²) in [5, 5.41) is 4.06. The second-order valence-electron chi connectivity index (χ2n) is 18.3. The number of anilines is 6. The molecule has 0 saturated heterocycles. The minimum atomic E-state index is -1.58. The summed E-state index contributed by atoms with van der Waals surface area (Å²) in [6.07, 6.45) is 0. The molecule has 72 heavy (non-hydrogen) atoms. The Hall–Kier alpha value is -9.44. The van der Waals surface area contributed by atoms with Crippen LogP contribution < -0.4 is 9.80 Å². The van der Waals surface area contributed by atoms with Crippen molar-refractivity contribution in [3.8, 4) is 16.8 Å². The lowest BCUT2D eigenvalue weighted by Crippen LogP contribution is -2.30. The summed E-state index contributed by atoms with van der Waals surface area (Å²) >= 11 is 0. The molecule has 338 valence electrons. The van der Waals surface area contributed by atoms with Gasteiger partial charge >= 0.3 is 0 Å². The Bertz CT molecular complexity index is 4540. The minimum absolute atomic E-state index is 0.0283. The highest BCUT2D eigenvalue weighted by atomic mass is 15.1. The molecular formula is C69H47N3. The Morgan fingerprint density at radius 2 is 0.833 bits per heavy atom. The first-order valence-electron chi connectivity index (χ1n) is 27.8. The van der Waals surface area contributed by atoms with Crippen LogP contribution in [0.1, 0.15) is 31.8 Å². The van der Waals surface area contributed by atoms with Crippen LogP contribution >= 0.6 is 0 Å². The third-order valence-corrected chi connectivity index (χ3v) is 14.5. The highest BCUT2D eigenvalue weighted by molar-refractivity contribution is 6.12. The van der Waals surface area contributed by atoms with E-state index in [4.69, 9.17) is 1.37 Å². The zero-order valence-corrected chi connectivity index (χ0v) is 38.9. The maximum Gasteiger partial charge on any atom is 0.0740 e. The fraction of sp³-hybridized carbons (Fsp3) is 0.0145. The number of nitrogens with zero attached hydrogens (tertiary/aromatic N) is 3. The van der Waals surface area contributed by atoms with E-state index in [-0.39, 0.29) is 28.4 Å². The maximum atomic E-state index is 10.4. The minimum Gasteiger partial charge on any atom is -0.310 e. The summed E-state index contributed by atoms with van der Waals surface area (Å²) in [7, 11) is 0. The molecule has 14 rings (SSSR count). The Kier molecular flexibility index (Phi) is 8.17. The molecule has 13 aromatic rings. The number of aromatic nitrogens is 1. The molecule has 0 N–H and O–H groups in total. The van der Waals surface area contributed by atoms with E-state index in [0.29, 0.717) is 0 Å². The number of fused-ring (bicyclic) bond motifs is 8. The molecule has 1 atom stereocenters. The zero-order valence-electron chi connectivity index (χ0n) is 45.9. The van der Waals surface area contributed by atoms with Crippen LogP contribution in [0.15, 0.2) is 285 Å². The molecule has 1 aliphatic carbocycles. The standard InChI is InChI=1S/C69H47N3/c1-5-25-51(26-6-1)70(52-27-7-2-8-28-52)56-41-43-64-61(46-56)62-47-57(71(53-29-9-3-10-30-53)55-40-39-48-21-13-14-23-50(48)45-55)42-44-65(62)69(64,63-36-19-24-49-22-15-16-33-58(49)63)66-37-20-35-60-59-34-17-18-38-67(59)72(68(60)66)54-31-11-4-12-32-54/h1-47H/i15D,16D,19D,22D,24D,33D,36D. The van der Waals surface area contributed by atoms with Crippen molar-refractivity contribution in [2.45, 2.75) is 5.41 Å². The van der Waals surface area contributed by atoms with E-state index in [1.807, 2.05) is 97.1 Å². The van der Waals surface area contributed by atoms with Crippen molar-refractivity contribution in [1.29, 1.82) is 0 Å². The Labute approximate surface area is 429 Å². The average molecular weight is 925 g/mol. The molecule has 0 radical (unpaired) electrons. The number of rotatable bonds is 9. The Morgan fingerprint density at radius 1 is 0.319 bits per heavy atom. The third-order valence-electron chi connectivity index (χ3n) is 14.5. The normalized spacial score (nSPS) is 15.2. The van der Waals surface area contributed by atoms with Gasteiger partial charge in [0, 0.05) is 50.6 Å². The number of hydrogen-bond donors (Lipinski definition) is 0. The maximum absolute atomic E-state index is 10.4. The Balaban J connectivity index is 1.19. The summed E-state index contributed by atoms with van der Waals surface area (Å²) in [5.74, 6) is 0. The number of para-hydroxylation sites is 6. The zero-order chi connectivity index (χ0) is 53.7. The molecular weight excluding hydrogens is 871 g/mol. The van der Waals surface area contributed by atoms with Gasteiger partial charge in [-0.15, -0.1) is 0 Å². The van der Waals surface area contributed by atoms with Gasteiger partial charge in [0.05, 0.1) is 26.0 Å². The van der Waals surface area contributed by atoms with Crippen LogP contribution in [0.2, 0.25) is 0 Å². The van der Waals surface area contributed by atoms with Crippen LogP contribution in [0.3, 0.4) is 0 Å². The summed E-state index contributed by atoms with van der Waals surface area (Å²) in [6, 6.07) is 80.2. The molecule has 0 fully saturated rings. The highest BCUT2D eigenvalue weighted by Gasteiger charge is 2.49. The molecule has 1 aromatic heterocycles. The van der Waals surface area contributed by atoms with Gasteiger partial charge in [0.2, 0.25) is 0 Å². The fourth-order valence-electron chi connectivity index (χ4n) is 11.5. The average Bonchev–Trinajstić information content (AvgIpc) is 3.11. The van der Waals surface area contributed by atoms with Crippen molar-refractivity contribution in [2.75, 3.05) is 9.80 Å². The first-order chi connectivity index (χ1) is 38.6. The van der Waals surface area contributed by atoms with Gasteiger partial charge in [-0.1, -0.05) is 194 Å². The van der Waals surface area contributed by atoms with Crippen molar-refractivity contribution >= 4 is 77.5 Å². The van der Waals surface area contributed by atoms with E-state index in [1.54, 1.807) is 0 Å². The topological polar surface area (TPSA) is 11.4 Å². The first kappa shape index (κ1) is 34.8. The van der Waals surface area contributed by atoms with E-state index in [0.717, 1.165) is 100 Å². The van der Waals surface area contributed by atoms with Gasteiger partial charge in [-0.2, -0.15) is 0 Å². The quantitative estimate of drug-likeness (QED) is 0.143. The second-order valence-corrected chi connectivity index (χ2v) is 18.3. The van der Waals surface area contributed by atoms with Crippen LogP contribution in [0.4, 0.5) is 34.1 Å². The molecule has 1 unspecified atom stereocenters. The van der Waals surface area contributed by atoms with Gasteiger partial charge in [-0.3, -0.25) is 0 Å². The smallest absolute Gasteiger partial charge is 0.0740 e. The van der Waals surface area contributed by atoms with Gasteiger partial charge in [0.1, 0.15) is 0 Å². The molecule has 3 heteroatoms. The van der Waals surface area contributed by atoms with E-state index >= 15 is 0 Å². The fourth-order valence-corrected chi connectivity index (χ4v) is 11.5. The van der Waals surface area contributed by atoms with Crippen LogP contribution in [0.5, 0.6) is 0 Å². The highest BCUT2D eigenvalue weighted by Crippen LogP contribution is 2.61. The van der Waals surface area contributed by atoms with E-state index in [9.17, 15) is 8.22 Å². The van der Waals surface area contributed by atoms with Crippen LogP contribution in [0.25, 0.3) is 60.2 Å². The molecule has 0 aliphatic heterocycles. The van der Waals surface area contributed by atoms with Crippen LogP contribution in [-0.2, 0) is 5.41 Å². The summed E-state index contributed by atoms with van der Waals surface area (Å²) in [5.41, 5.74) is 10.7. The van der Waals surface area contributed by atoms with Crippen molar-refractivity contribution < 1.29 is 9.60 Å². The van der Waals surface area contributed by atoms with E-state index in [1.165, 1.54) is 0 Å². The predicted molar refractivity (Wildman–Crippen MR) is 302 cm³/mol. The van der Waals surface area contributed by atoms with Crippen molar-refractivity contribution in [3.63, 3.8) is 0 Å². The van der Waals surface area contributed by atoms with E-state index in [2.05, 4.69) is 160 Å². The largest absolute Gasteiger partial charge is 0.310 e. The SMILES string of the molecule is [2H]c1c([2H])c([2H])c2c(C3(c4cccc5c6ccccc6n(-c6ccccc6)c45)c4ccc(N(c5ccccc5)c5ccccc5)cc4-c4cc(N(c5ccccc5)c5ccc6ccccc6c5)ccc43)c([2H])c([2H])c([2H])c2c1[2H]. The lowest BCUT2D eigenvalue weighted by Gasteiger charge is -2.36. The lowest BCUT2D eigenvalue weighted by atomic mass is 9.66. The van der Waals surface area contributed by atoms with Crippen LogP contribution in [-0.4, -0.2) is 4.57 Å². The molecule has 0 amide bonds. The number of benzene rings is 12. The molecule has 12 aromatic carbocycles. The van der Waals surface area contributed by atoms with Gasteiger partial charge in [0.25, 0.3) is 0 Å². The summed E-state index contributed by atoms with van der Waals surface area (Å²) in [4.78, 5) is 4.48. The molecule has 3 nitrogen and oxygen atoms in total. The Morgan fingerprint density at radius 3 is 1.50 bits per heavy atom. The van der Waals surface area contributed by atoms with Crippen molar-refractivity contribution in [1.82, 2.24) is 4.57 Å². The van der Waals surface area contributed by atoms with Gasteiger partial charge in [0.15, 0.2) is 0 Å². The van der Waals surface area contributed by atoms with Gasteiger partial charge in [-0.05, 0) is 146 Å². The lowest BCUT2D eigenvalue weighted by molar-refractivity contribution is 0.780. The number of hydrogen-bond acceptors (Lipinski definition) is 2. The van der Waals surface area contributed by atoms with E-state index < -0.39 is 35.6 Å². The predicted octanol–water partition coefficient (Wildman–Crippen LogP) is 18.4. The summed E-state index contributed by atoms with van der Waals surface area (Å²) < 4.78 is 69.5. The third kappa shape index (κ3) is 6.45. The monoisotopic (exact) mass is 924 g/mol. The van der Waals surface area contributed by atoms with Gasteiger partial charge < -0.3 is 14.4 Å². The second kappa shape index (κ2) is 16.9. The molecule has 1 heterocycles. The molecule has 0 spiro atoms. The summed E-state index contributed by atoms with van der Waals surface area (Å²) in [6.45, 7) is 0. The first-order valence-corrected chi connectivity index (χ1v) is 24.3. The molecule has 0 bridgehead atoms. The van der Waals surface area contributed by atoms with Crippen molar-refractivity contribution in [2.24, 2.45) is 0 Å². The van der Waals surface area contributed by atoms with Crippen molar-refractivity contribution in [3.05, 3.63) is 307 Å². The molecule has 0 saturated carbocycles. The van der Waals surface area contributed by atoms with Crippen LogP contribution in [0, 0.1) is 0 Å².